The Morgan fingerprint density at radius 1 is 1.46 bits per heavy atom. The molecule has 2 N–H and O–H groups in total. The SMILES string of the molecule is CS(=O)(=O)Nc1cc(Cl)ccc1O. The Bertz CT molecular complexity index is 416. The van der Waals surface area contributed by atoms with Crippen molar-refractivity contribution in [3.05, 3.63) is 23.2 Å². The molecule has 0 saturated carbocycles. The van der Waals surface area contributed by atoms with Crippen LogP contribution in [0.15, 0.2) is 18.2 Å². The molecule has 0 aliphatic heterocycles. The summed E-state index contributed by atoms with van der Waals surface area (Å²) in [6, 6.07) is 4.11. The molecule has 4 nitrogen and oxygen atoms in total. The molecule has 1 rings (SSSR count). The van der Waals surface area contributed by atoms with Crippen LogP contribution in [0, 0.1) is 0 Å². The van der Waals surface area contributed by atoms with Gasteiger partial charge in [-0.1, -0.05) is 11.6 Å². The fourth-order valence-corrected chi connectivity index (χ4v) is 1.52. The summed E-state index contributed by atoms with van der Waals surface area (Å²) in [4.78, 5) is 0. The summed E-state index contributed by atoms with van der Waals surface area (Å²) in [5.74, 6) is -0.158. The van der Waals surface area contributed by atoms with Gasteiger partial charge in [-0.15, -0.1) is 0 Å². The summed E-state index contributed by atoms with van der Waals surface area (Å²) in [5.41, 5.74) is 0.0787. The molecule has 0 saturated heterocycles. The zero-order valence-electron chi connectivity index (χ0n) is 6.78. The Hall–Kier alpha value is -0.940. The predicted molar refractivity (Wildman–Crippen MR) is 51.6 cm³/mol. The monoisotopic (exact) mass is 221 g/mol. The second-order valence-corrected chi connectivity index (χ2v) is 4.72. The topological polar surface area (TPSA) is 66.4 Å². The summed E-state index contributed by atoms with van der Waals surface area (Å²) < 4.78 is 23.7. The molecule has 0 spiro atoms. The first-order chi connectivity index (χ1) is 5.88. The number of phenolic OH excluding ortho intramolecular Hbond substituents is 1. The van der Waals surface area contributed by atoms with E-state index in [0.29, 0.717) is 5.02 Å². The third kappa shape index (κ3) is 3.12. The highest BCUT2D eigenvalue weighted by atomic mass is 35.5. The lowest BCUT2D eigenvalue weighted by Crippen LogP contribution is -2.09. The standard InChI is InChI=1S/C7H8ClNO3S/c1-13(11,12)9-6-4-5(8)2-3-7(6)10/h2-4,9-10H,1H3. The molecular formula is C7H8ClNO3S. The second-order valence-electron chi connectivity index (χ2n) is 2.54. The molecular weight excluding hydrogens is 214 g/mol. The minimum atomic E-state index is -3.39. The van der Waals surface area contributed by atoms with Crippen molar-refractivity contribution in [3.8, 4) is 5.75 Å². The van der Waals surface area contributed by atoms with Gasteiger partial charge in [0, 0.05) is 5.02 Å². The van der Waals surface area contributed by atoms with Crippen LogP contribution in [0.5, 0.6) is 5.75 Å². The Kier molecular flexibility index (Phi) is 2.68. The highest BCUT2D eigenvalue weighted by Gasteiger charge is 2.06. The van der Waals surface area contributed by atoms with E-state index in [2.05, 4.69) is 4.72 Å². The maximum Gasteiger partial charge on any atom is 0.229 e. The lowest BCUT2D eigenvalue weighted by molar-refractivity contribution is 0.477. The van der Waals surface area contributed by atoms with Gasteiger partial charge in [0.25, 0.3) is 0 Å². The van der Waals surface area contributed by atoms with Crippen LogP contribution in [0.1, 0.15) is 0 Å². The largest absolute Gasteiger partial charge is 0.506 e. The van der Waals surface area contributed by atoms with Crippen LogP contribution >= 0.6 is 11.6 Å². The number of nitrogens with one attached hydrogen (secondary N) is 1. The first kappa shape index (κ1) is 10.1. The van der Waals surface area contributed by atoms with Gasteiger partial charge in [0.05, 0.1) is 11.9 Å². The molecule has 1 aromatic rings. The van der Waals surface area contributed by atoms with Gasteiger partial charge < -0.3 is 5.11 Å². The maximum atomic E-state index is 10.8. The zero-order valence-corrected chi connectivity index (χ0v) is 8.35. The summed E-state index contributed by atoms with van der Waals surface area (Å²) >= 11 is 5.60. The highest BCUT2D eigenvalue weighted by molar-refractivity contribution is 7.92. The maximum absolute atomic E-state index is 10.8. The number of benzene rings is 1. The van der Waals surface area contributed by atoms with Gasteiger partial charge in [0.1, 0.15) is 5.75 Å². The van der Waals surface area contributed by atoms with Crippen LogP contribution in [-0.4, -0.2) is 19.8 Å². The summed E-state index contributed by atoms with van der Waals surface area (Å²) in [6.45, 7) is 0. The number of rotatable bonds is 2. The van der Waals surface area contributed by atoms with Crippen molar-refractivity contribution < 1.29 is 13.5 Å². The highest BCUT2D eigenvalue weighted by Crippen LogP contribution is 2.26. The number of anilines is 1. The lowest BCUT2D eigenvalue weighted by Gasteiger charge is -2.05. The number of phenols is 1. The molecule has 72 valence electrons. The summed E-state index contributed by atoms with van der Waals surface area (Å²) in [6.07, 6.45) is 0.993. The van der Waals surface area contributed by atoms with Gasteiger partial charge in [-0.3, -0.25) is 4.72 Å². The molecule has 0 amide bonds. The quantitative estimate of drug-likeness (QED) is 0.743. The van der Waals surface area contributed by atoms with Gasteiger partial charge in [0.2, 0.25) is 10.0 Å². The van der Waals surface area contributed by atoms with Gasteiger partial charge >= 0.3 is 0 Å². The van der Waals surface area contributed by atoms with E-state index >= 15 is 0 Å². The fraction of sp³-hybridized carbons (Fsp3) is 0.143. The Balaban J connectivity index is 3.08. The fourth-order valence-electron chi connectivity index (χ4n) is 0.790. The molecule has 0 heterocycles. The van der Waals surface area contributed by atoms with E-state index in [1.165, 1.54) is 18.2 Å². The normalized spacial score (nSPS) is 11.2. The first-order valence-electron chi connectivity index (χ1n) is 3.35. The molecule has 0 fully saturated rings. The third-order valence-electron chi connectivity index (χ3n) is 1.25. The Labute approximate surface area is 81.2 Å². The van der Waals surface area contributed by atoms with Gasteiger partial charge in [-0.05, 0) is 18.2 Å². The van der Waals surface area contributed by atoms with Crippen LogP contribution < -0.4 is 4.72 Å². The van der Waals surface area contributed by atoms with E-state index in [0.717, 1.165) is 6.26 Å². The molecule has 0 atom stereocenters. The lowest BCUT2D eigenvalue weighted by atomic mass is 10.3. The van der Waals surface area contributed by atoms with E-state index in [1.54, 1.807) is 0 Å². The second kappa shape index (κ2) is 3.43. The molecule has 0 bridgehead atoms. The van der Waals surface area contributed by atoms with Gasteiger partial charge in [-0.25, -0.2) is 8.42 Å². The van der Waals surface area contributed by atoms with E-state index in [1.807, 2.05) is 0 Å². The number of hydrogen-bond acceptors (Lipinski definition) is 3. The van der Waals surface area contributed by atoms with Crippen LogP contribution in [0.4, 0.5) is 5.69 Å². The van der Waals surface area contributed by atoms with E-state index in [4.69, 9.17) is 11.6 Å². The molecule has 13 heavy (non-hydrogen) atoms. The average molecular weight is 222 g/mol. The Morgan fingerprint density at radius 2 is 2.08 bits per heavy atom. The minimum absolute atomic E-state index is 0.0787. The van der Waals surface area contributed by atoms with Crippen LogP contribution in [0.3, 0.4) is 0 Å². The molecule has 0 unspecified atom stereocenters. The van der Waals surface area contributed by atoms with Crippen molar-refractivity contribution >= 4 is 27.3 Å². The van der Waals surface area contributed by atoms with Crippen molar-refractivity contribution in [1.82, 2.24) is 0 Å². The summed E-state index contributed by atoms with van der Waals surface area (Å²) in [5, 5.41) is 9.56. The zero-order chi connectivity index (χ0) is 10.1. The smallest absolute Gasteiger partial charge is 0.229 e. The van der Waals surface area contributed by atoms with Crippen molar-refractivity contribution in [2.45, 2.75) is 0 Å². The third-order valence-corrected chi connectivity index (χ3v) is 2.08. The molecule has 1 aromatic carbocycles. The Morgan fingerprint density at radius 3 is 2.62 bits per heavy atom. The molecule has 0 aromatic heterocycles. The average Bonchev–Trinajstić information content (AvgIpc) is 1.94. The number of sulfonamides is 1. The first-order valence-corrected chi connectivity index (χ1v) is 5.62. The predicted octanol–water partition coefficient (Wildman–Crippen LogP) is 1.42. The van der Waals surface area contributed by atoms with Gasteiger partial charge in [-0.2, -0.15) is 0 Å². The van der Waals surface area contributed by atoms with Crippen LogP contribution in [0.2, 0.25) is 5.02 Å². The molecule has 6 heteroatoms. The van der Waals surface area contributed by atoms with Crippen molar-refractivity contribution in [1.29, 1.82) is 0 Å². The molecule has 0 aliphatic carbocycles. The molecule has 0 radical (unpaired) electrons. The summed E-state index contributed by atoms with van der Waals surface area (Å²) in [7, 11) is -3.39. The number of aromatic hydroxyl groups is 1. The van der Waals surface area contributed by atoms with Gasteiger partial charge in [0.15, 0.2) is 0 Å². The number of hydrogen-bond donors (Lipinski definition) is 2. The van der Waals surface area contributed by atoms with Crippen LogP contribution in [0.25, 0.3) is 0 Å². The van der Waals surface area contributed by atoms with E-state index in [9.17, 15) is 13.5 Å². The van der Waals surface area contributed by atoms with Crippen molar-refractivity contribution in [3.63, 3.8) is 0 Å². The minimum Gasteiger partial charge on any atom is -0.506 e. The van der Waals surface area contributed by atoms with Crippen molar-refractivity contribution in [2.24, 2.45) is 0 Å². The van der Waals surface area contributed by atoms with Crippen molar-refractivity contribution in [2.75, 3.05) is 11.0 Å². The molecule has 0 aliphatic rings. The van der Waals surface area contributed by atoms with Crippen LogP contribution in [-0.2, 0) is 10.0 Å². The number of halogens is 1. The van der Waals surface area contributed by atoms with E-state index in [-0.39, 0.29) is 11.4 Å². The van der Waals surface area contributed by atoms with E-state index < -0.39 is 10.0 Å².